The van der Waals surface area contributed by atoms with E-state index >= 15 is 0 Å². The van der Waals surface area contributed by atoms with Crippen LogP contribution in [0.25, 0.3) is 22.0 Å². The van der Waals surface area contributed by atoms with Crippen molar-refractivity contribution in [3.8, 4) is 17.2 Å². The molecule has 0 bridgehead atoms. The fourth-order valence-corrected chi connectivity index (χ4v) is 4.46. The number of carboxylic acids is 1. The number of carboxylic acid groups (broad SMARTS) is 1. The van der Waals surface area contributed by atoms with Gasteiger partial charge >= 0.3 is 5.97 Å². The summed E-state index contributed by atoms with van der Waals surface area (Å²) in [5.41, 5.74) is -0.207. The standard InChI is InChI=1S/C27H26F2N4O7/c1-12(2)26(37)31-23-17(9-20(27(38)39)40-25(23)24(36)19(35)11-34)33-18(10-30)15-7-3-6-14(22(15)32-33)13-5-4-8-16(28)21(13)29/h3-9,12,17,19,23-25,34-36H,11H2,1-2H3,(H,31,37)(H,38,39)/t17-,19+,23+,24+,25+/m0/s1/i/hD. The van der Waals surface area contributed by atoms with Crippen molar-refractivity contribution in [2.45, 2.75) is 44.2 Å². The molecule has 5 N–H and O–H groups in total. The first-order valence-electron chi connectivity index (χ1n) is 12.6. The Balaban J connectivity index is 2.02. The Hall–Kier alpha value is -4.38. The maximum Gasteiger partial charge on any atom is 0.370 e. The molecule has 0 fully saturated rings. The molecule has 0 radical (unpaired) electrons. The quantitative estimate of drug-likeness (QED) is 0.275. The van der Waals surface area contributed by atoms with E-state index in [1.807, 2.05) is 6.07 Å². The maximum absolute atomic E-state index is 14.8. The van der Waals surface area contributed by atoms with Gasteiger partial charge in [-0.15, -0.1) is 0 Å². The zero-order chi connectivity index (χ0) is 30.2. The number of amides is 1. The van der Waals surface area contributed by atoms with Crippen molar-refractivity contribution in [1.29, 1.82) is 5.26 Å². The molecule has 0 saturated carbocycles. The first-order valence-corrected chi connectivity index (χ1v) is 12.2. The van der Waals surface area contributed by atoms with Crippen LogP contribution in [0, 0.1) is 28.9 Å². The van der Waals surface area contributed by atoms with Crippen LogP contribution in [-0.4, -0.2) is 73.0 Å². The van der Waals surface area contributed by atoms with Gasteiger partial charge in [0, 0.05) is 22.4 Å². The summed E-state index contributed by atoms with van der Waals surface area (Å²) in [6, 6.07) is 6.87. The zero-order valence-electron chi connectivity index (χ0n) is 22.3. The van der Waals surface area contributed by atoms with Gasteiger partial charge in [0.15, 0.2) is 13.0 Å². The van der Waals surface area contributed by atoms with Crippen molar-refractivity contribution in [2.75, 3.05) is 6.61 Å². The minimum atomic E-state index is -1.99. The molecule has 210 valence electrons. The van der Waals surface area contributed by atoms with Gasteiger partial charge < -0.3 is 30.5 Å². The lowest BCUT2D eigenvalue weighted by Gasteiger charge is -2.40. The molecule has 3 aromatic rings. The molecule has 13 heteroatoms. The number of fused-ring (bicyclic) bond motifs is 1. The summed E-state index contributed by atoms with van der Waals surface area (Å²) in [6.45, 7) is 2.04. The molecule has 1 aromatic heterocycles. The third kappa shape index (κ3) is 5.12. The molecule has 11 nitrogen and oxygen atoms in total. The lowest BCUT2D eigenvalue weighted by Crippen LogP contribution is -2.59. The van der Waals surface area contributed by atoms with Gasteiger partial charge in [-0.25, -0.2) is 18.3 Å². The maximum atomic E-state index is 14.8. The smallest absolute Gasteiger partial charge is 0.370 e. The second-order valence-corrected chi connectivity index (χ2v) is 9.47. The first kappa shape index (κ1) is 27.2. The van der Waals surface area contributed by atoms with Gasteiger partial charge in [-0.05, 0) is 18.2 Å². The summed E-state index contributed by atoms with van der Waals surface area (Å²) in [5, 5.41) is 55.4. The van der Waals surface area contributed by atoms with Crippen LogP contribution in [-0.2, 0) is 14.3 Å². The summed E-state index contributed by atoms with van der Waals surface area (Å²) in [4.78, 5) is 25.0. The molecule has 5 atom stereocenters. The first-order chi connectivity index (χ1) is 19.4. The van der Waals surface area contributed by atoms with E-state index in [0.717, 1.165) is 16.8 Å². The number of hydrogen-bond acceptors (Lipinski definition) is 8. The van der Waals surface area contributed by atoms with Crippen LogP contribution in [0.5, 0.6) is 0 Å². The Morgan fingerprint density at radius 1 is 1.23 bits per heavy atom. The van der Waals surface area contributed by atoms with Crippen LogP contribution in [0.2, 0.25) is 1.41 Å². The average Bonchev–Trinajstić information content (AvgIpc) is 3.35. The molecular weight excluding hydrogens is 530 g/mol. The van der Waals surface area contributed by atoms with Gasteiger partial charge in [0.25, 0.3) is 0 Å². The van der Waals surface area contributed by atoms with Gasteiger partial charge in [-0.3, -0.25) is 4.79 Å². The van der Waals surface area contributed by atoms with E-state index in [2.05, 4.69) is 5.10 Å². The average molecular weight is 558 g/mol. The van der Waals surface area contributed by atoms with E-state index in [0.29, 0.717) is 5.31 Å². The van der Waals surface area contributed by atoms with Crippen molar-refractivity contribution in [3.05, 3.63) is 65.6 Å². The highest BCUT2D eigenvalue weighted by Gasteiger charge is 2.45. The Kier molecular flexibility index (Phi) is 7.74. The molecule has 0 saturated heterocycles. The number of aliphatic hydroxyl groups excluding tert-OH is 3. The van der Waals surface area contributed by atoms with E-state index in [-0.39, 0.29) is 27.7 Å². The molecule has 2 aromatic carbocycles. The van der Waals surface area contributed by atoms with Crippen molar-refractivity contribution in [1.82, 2.24) is 15.1 Å². The van der Waals surface area contributed by atoms with Gasteiger partial charge in [0.05, 0.1) is 18.7 Å². The number of aliphatic hydroxyl groups is 3. The van der Waals surface area contributed by atoms with Gasteiger partial charge in [0.2, 0.25) is 11.7 Å². The van der Waals surface area contributed by atoms with Crippen LogP contribution >= 0.6 is 0 Å². The summed E-state index contributed by atoms with van der Waals surface area (Å²) in [7, 11) is 0. The second kappa shape index (κ2) is 11.4. The SMILES string of the molecule is [2H]N(C(=O)C(C)C)[C@H]1[C@H]([C@H](O)[C@H](O)CO)OC(C(=O)O)=C[C@@H]1n1nc2c(-c3cccc(F)c3F)cccc2c1C#N. The molecule has 2 heterocycles. The number of hydrogen-bond donors (Lipinski definition) is 5. The number of nitrogens with one attached hydrogen (secondary N) is 1. The normalized spacial score (nSPS) is 20.7. The number of aliphatic carboxylic acids is 1. The number of carbonyl (C=O) groups is 2. The Labute approximate surface area is 228 Å². The number of rotatable bonds is 8. The van der Waals surface area contributed by atoms with Crippen molar-refractivity contribution < 1.29 is 44.9 Å². The van der Waals surface area contributed by atoms with E-state index in [1.165, 1.54) is 44.2 Å². The summed E-state index contributed by atoms with van der Waals surface area (Å²) >= 11 is 0. The lowest BCUT2D eigenvalue weighted by molar-refractivity contribution is -0.147. The number of benzene rings is 2. The van der Waals surface area contributed by atoms with Gasteiger partial charge in [-0.1, -0.05) is 38.1 Å². The molecule has 1 aliphatic rings. The monoisotopic (exact) mass is 557 g/mol. The minimum absolute atomic E-state index is 0.0308. The second-order valence-electron chi connectivity index (χ2n) is 9.47. The molecule has 4 rings (SSSR count). The molecule has 1 amide bonds. The number of nitriles is 1. The fourth-order valence-electron chi connectivity index (χ4n) is 4.46. The zero-order valence-corrected chi connectivity index (χ0v) is 21.3. The summed E-state index contributed by atoms with van der Waals surface area (Å²) < 4.78 is 43.9. The minimum Gasteiger partial charge on any atom is -0.478 e. The third-order valence-corrected chi connectivity index (χ3v) is 6.53. The number of aromatic nitrogens is 2. The van der Waals surface area contributed by atoms with E-state index in [4.69, 9.17) is 6.15 Å². The van der Waals surface area contributed by atoms with Crippen LogP contribution < -0.4 is 5.31 Å². The highest BCUT2D eigenvalue weighted by Crippen LogP contribution is 2.36. The van der Waals surface area contributed by atoms with E-state index in [9.17, 15) is 44.1 Å². The Morgan fingerprint density at radius 3 is 2.52 bits per heavy atom. The molecular formula is C27H26F2N4O7. The topological polar surface area (TPSA) is 178 Å². The molecule has 1 aliphatic heterocycles. The van der Waals surface area contributed by atoms with Crippen LogP contribution in [0.1, 0.15) is 25.6 Å². The van der Waals surface area contributed by atoms with E-state index in [1.54, 1.807) is 0 Å². The van der Waals surface area contributed by atoms with Crippen molar-refractivity contribution in [3.63, 3.8) is 0 Å². The van der Waals surface area contributed by atoms with Crippen molar-refractivity contribution in [2.24, 2.45) is 5.92 Å². The number of halogens is 2. The largest absolute Gasteiger partial charge is 0.478 e. The fraction of sp³-hybridized carbons (Fsp3) is 0.333. The number of ether oxygens (including phenoxy) is 1. The number of carbonyl (C=O) groups excluding carboxylic acids is 1. The molecule has 0 unspecified atom stereocenters. The van der Waals surface area contributed by atoms with Gasteiger partial charge in [-0.2, -0.15) is 10.4 Å². The van der Waals surface area contributed by atoms with Gasteiger partial charge in [0.1, 0.15) is 35.6 Å². The van der Waals surface area contributed by atoms with Crippen LogP contribution in [0.4, 0.5) is 8.78 Å². The van der Waals surface area contributed by atoms with Crippen LogP contribution in [0.3, 0.4) is 0 Å². The molecule has 0 spiro atoms. The lowest BCUT2D eigenvalue weighted by atomic mass is 9.91. The molecule has 40 heavy (non-hydrogen) atoms. The summed E-state index contributed by atoms with van der Waals surface area (Å²) in [5.74, 6) is -6.14. The third-order valence-electron chi connectivity index (χ3n) is 6.53. The Bertz CT molecular complexity index is 1570. The van der Waals surface area contributed by atoms with Crippen molar-refractivity contribution >= 4 is 22.8 Å². The van der Waals surface area contributed by atoms with Crippen LogP contribution in [0.15, 0.2) is 48.2 Å². The predicted molar refractivity (Wildman–Crippen MR) is 135 cm³/mol. The predicted octanol–water partition coefficient (Wildman–Crippen LogP) is 1.62. The Morgan fingerprint density at radius 2 is 1.90 bits per heavy atom. The highest BCUT2D eigenvalue weighted by atomic mass is 19.2. The van der Waals surface area contributed by atoms with E-state index < -0.39 is 72.2 Å². The number of nitrogens with zero attached hydrogens (tertiary/aromatic N) is 3. The molecule has 0 aliphatic carbocycles. The summed E-state index contributed by atoms with van der Waals surface area (Å²) in [6.07, 6.45) is -4.63. The highest BCUT2D eigenvalue weighted by molar-refractivity contribution is 5.96.